The van der Waals surface area contributed by atoms with Crippen molar-refractivity contribution in [3.8, 4) is 0 Å². The van der Waals surface area contributed by atoms with Crippen LogP contribution in [0.1, 0.15) is 0 Å². The van der Waals surface area contributed by atoms with E-state index in [2.05, 4.69) is 0 Å². The van der Waals surface area contributed by atoms with Crippen LogP contribution in [0.3, 0.4) is 0 Å². The summed E-state index contributed by atoms with van der Waals surface area (Å²) in [6.45, 7) is 0. The summed E-state index contributed by atoms with van der Waals surface area (Å²) >= 11 is 0. The fraction of sp³-hybridized carbons (Fsp3) is 0. The molecule has 2 N–H and O–H groups in total. The zero-order chi connectivity index (χ0) is 0. The maximum atomic E-state index is 0. The van der Waals surface area contributed by atoms with Crippen molar-refractivity contribution in [1.82, 2.24) is 0 Å². The maximum absolute atomic E-state index is 0. The first-order valence-corrected chi connectivity index (χ1v) is 0. The Morgan fingerprint density at radius 1 is 0.800 bits per heavy atom. The number of hydrogen-bond donors (Lipinski definition) is 0. The Morgan fingerprint density at radius 3 is 0.800 bits per heavy atom. The van der Waals surface area contributed by atoms with Crippen molar-refractivity contribution in [3.05, 3.63) is 0 Å². The molecule has 0 aromatic carbocycles. The van der Waals surface area contributed by atoms with E-state index in [1.807, 2.05) is 0 Å². The zero-order valence-electron chi connectivity index (χ0n) is 1.71. The second kappa shape index (κ2) is 35.8. The molecule has 0 aliphatic carbocycles. The molecule has 0 aliphatic rings. The van der Waals surface area contributed by atoms with Crippen LogP contribution in [0.25, 0.3) is 0 Å². The molecule has 1 nitrogen and oxygen atoms in total. The van der Waals surface area contributed by atoms with Gasteiger partial charge in [0.2, 0.25) is 0 Å². The molecule has 0 radical (unpaired) electrons. The first kappa shape index (κ1) is 59.5. The minimum atomic E-state index is 0. The SMILES string of the molecule is O.[Fe].[Fe].[LiH].[SeH2]. The molecule has 0 unspecified atom stereocenters. The van der Waals surface area contributed by atoms with Gasteiger partial charge >= 0.3 is 35.9 Å². The van der Waals surface area contributed by atoms with Gasteiger partial charge < -0.3 is 5.48 Å². The van der Waals surface area contributed by atoms with E-state index in [4.69, 9.17) is 0 Å². The van der Waals surface area contributed by atoms with E-state index in [0.717, 1.165) is 0 Å². The molecule has 0 spiro atoms. The van der Waals surface area contributed by atoms with Crippen LogP contribution in [0.5, 0.6) is 0 Å². The molecule has 0 aliphatic heterocycles. The van der Waals surface area contributed by atoms with Crippen molar-refractivity contribution in [1.29, 1.82) is 0 Å². The predicted octanol–water partition coefficient (Wildman–Crippen LogP) is -2.39. The molecule has 0 atom stereocenters. The molecule has 0 amide bonds. The third kappa shape index (κ3) is 23.1. The van der Waals surface area contributed by atoms with Gasteiger partial charge in [0.15, 0.2) is 0 Å². The second-order valence-electron chi connectivity index (χ2n) is 0. The first-order chi connectivity index (χ1) is 0. The van der Waals surface area contributed by atoms with Crippen molar-refractivity contribution in [2.45, 2.75) is 0 Å². The van der Waals surface area contributed by atoms with E-state index in [1.54, 1.807) is 0 Å². The van der Waals surface area contributed by atoms with E-state index >= 15 is 0 Å². The molecular formula is H5Fe2LiOSe. The fourth-order valence-corrected chi connectivity index (χ4v) is 0. The van der Waals surface area contributed by atoms with Gasteiger partial charge in [0.05, 0.1) is 0 Å². The Hall–Kier alpha value is 2.12. The Morgan fingerprint density at radius 2 is 0.800 bits per heavy atom. The van der Waals surface area contributed by atoms with Gasteiger partial charge in [-0.1, -0.05) is 0 Å². The molecule has 0 aromatic heterocycles. The fourth-order valence-electron chi connectivity index (χ4n) is 0. The Balaban J connectivity index is 0. The minimum absolute atomic E-state index is 0. The van der Waals surface area contributed by atoms with Crippen LogP contribution in [-0.4, -0.2) is 41.4 Å². The predicted molar refractivity (Wildman–Crippen MR) is 19.3 cm³/mol. The van der Waals surface area contributed by atoms with Crippen LogP contribution in [-0.2, 0) is 34.1 Å². The van der Waals surface area contributed by atoms with E-state index in [9.17, 15) is 0 Å². The topological polar surface area (TPSA) is 31.5 Å². The summed E-state index contributed by atoms with van der Waals surface area (Å²) < 4.78 is 0. The average molecular weight is 219 g/mol. The van der Waals surface area contributed by atoms with Crippen LogP contribution in [0.4, 0.5) is 0 Å². The quantitative estimate of drug-likeness (QED) is 0.407. The average Bonchev–Trinajstić information content (AvgIpc) is 0. The van der Waals surface area contributed by atoms with Gasteiger partial charge in [-0.05, 0) is 0 Å². The van der Waals surface area contributed by atoms with Gasteiger partial charge in [-0.2, -0.15) is 0 Å². The van der Waals surface area contributed by atoms with Gasteiger partial charge in [0.1, 0.15) is 0 Å². The van der Waals surface area contributed by atoms with E-state index < -0.39 is 0 Å². The Bertz CT molecular complexity index is 9.61. The number of rotatable bonds is 0. The molecule has 0 saturated heterocycles. The third-order valence-electron chi connectivity index (χ3n) is 0. The van der Waals surface area contributed by atoms with Crippen molar-refractivity contribution in [2.75, 3.05) is 0 Å². The Kier molecular flexibility index (Phi) is 425. The van der Waals surface area contributed by atoms with Crippen molar-refractivity contribution in [2.24, 2.45) is 0 Å². The standard InChI is InChI=1S/2Fe.Li.H2O.H2Se.H/h;;;2*1H2;. The monoisotopic (exact) mass is 220 g/mol. The third-order valence-corrected chi connectivity index (χ3v) is 0. The normalized spacial score (nSPS) is 0. The molecular weight excluding hydrogens is 214 g/mol. The summed E-state index contributed by atoms with van der Waals surface area (Å²) in [5, 5.41) is 0. The summed E-state index contributed by atoms with van der Waals surface area (Å²) in [5.74, 6) is 0. The van der Waals surface area contributed by atoms with Crippen LogP contribution < -0.4 is 0 Å². The van der Waals surface area contributed by atoms with Gasteiger partial charge in [-0.15, -0.1) is 0 Å². The second-order valence-corrected chi connectivity index (χ2v) is 0. The molecule has 0 heterocycles. The molecule has 34 valence electrons. The van der Waals surface area contributed by atoms with Gasteiger partial charge in [0, 0.05) is 34.1 Å². The van der Waals surface area contributed by atoms with Crippen molar-refractivity contribution < 1.29 is 39.6 Å². The van der Waals surface area contributed by atoms with Crippen molar-refractivity contribution in [3.63, 3.8) is 0 Å². The zero-order valence-corrected chi connectivity index (χ0v) is 6.01. The summed E-state index contributed by atoms with van der Waals surface area (Å²) in [6.07, 6.45) is 0. The molecule has 5 heteroatoms. The van der Waals surface area contributed by atoms with E-state index in [0.29, 0.717) is 0 Å². The van der Waals surface area contributed by atoms with Crippen LogP contribution in [0.2, 0.25) is 0 Å². The molecule has 0 fully saturated rings. The molecule has 0 aromatic rings. The van der Waals surface area contributed by atoms with Crippen LogP contribution in [0, 0.1) is 0 Å². The number of hydrogen-bond acceptors (Lipinski definition) is 0. The molecule has 0 bridgehead atoms. The van der Waals surface area contributed by atoms with E-state index in [-0.39, 0.29) is 75.5 Å². The first-order valence-electron chi connectivity index (χ1n) is 0. The summed E-state index contributed by atoms with van der Waals surface area (Å²) in [4.78, 5) is 0. The van der Waals surface area contributed by atoms with E-state index in [1.165, 1.54) is 0 Å². The van der Waals surface area contributed by atoms with Crippen LogP contribution in [0.15, 0.2) is 0 Å². The summed E-state index contributed by atoms with van der Waals surface area (Å²) in [7, 11) is 0. The Labute approximate surface area is 74.9 Å². The molecule has 0 saturated carbocycles. The van der Waals surface area contributed by atoms with Gasteiger partial charge in [-0.3, -0.25) is 0 Å². The van der Waals surface area contributed by atoms with Crippen molar-refractivity contribution >= 4 is 35.9 Å². The molecule has 0 rings (SSSR count). The summed E-state index contributed by atoms with van der Waals surface area (Å²) in [5.41, 5.74) is 0. The molecule has 5 heavy (non-hydrogen) atoms. The van der Waals surface area contributed by atoms with Gasteiger partial charge in [-0.25, -0.2) is 0 Å². The van der Waals surface area contributed by atoms with Crippen LogP contribution >= 0.6 is 0 Å². The summed E-state index contributed by atoms with van der Waals surface area (Å²) in [6, 6.07) is 0. The van der Waals surface area contributed by atoms with Gasteiger partial charge in [0.25, 0.3) is 0 Å².